The first-order chi connectivity index (χ1) is 25.8. The number of sulfonamides is 1. The lowest BCUT2D eigenvalue weighted by molar-refractivity contribution is -0.123. The third-order valence-corrected chi connectivity index (χ3v) is 10.3. The average Bonchev–Trinajstić information content (AvgIpc) is 3.15. The molecule has 1 amide bonds. The molecule has 1 aliphatic rings. The van der Waals surface area contributed by atoms with Gasteiger partial charge in [-0.15, -0.1) is 0 Å². The Morgan fingerprint density at radius 3 is 1.94 bits per heavy atom. The maximum Gasteiger partial charge on any atom is 0.290 e. The normalized spacial score (nSPS) is 14.0. The van der Waals surface area contributed by atoms with Crippen LogP contribution in [0.15, 0.2) is 95.9 Å². The molecule has 4 aromatic carbocycles. The maximum atomic E-state index is 14.0. The first kappa shape index (κ1) is 43.1. The number of rotatable bonds is 13. The van der Waals surface area contributed by atoms with E-state index in [1.807, 2.05) is 23.1 Å². The van der Waals surface area contributed by atoms with Gasteiger partial charge in [-0.05, 0) is 90.2 Å². The number of aliphatic hydroxyl groups is 1. The Balaban J connectivity index is 0.00000122. The summed E-state index contributed by atoms with van der Waals surface area (Å²) >= 11 is 0. The van der Waals surface area contributed by atoms with E-state index in [9.17, 15) is 31.5 Å². The van der Waals surface area contributed by atoms with Crippen LogP contribution in [-0.4, -0.2) is 91.8 Å². The highest BCUT2D eigenvalue weighted by Gasteiger charge is 2.29. The van der Waals surface area contributed by atoms with Crippen molar-refractivity contribution >= 4 is 34.6 Å². The Hall–Kier alpha value is -5.29. The maximum absolute atomic E-state index is 14.0. The Bertz CT molecular complexity index is 1880. The van der Waals surface area contributed by atoms with E-state index in [1.165, 1.54) is 46.3 Å². The van der Waals surface area contributed by atoms with Gasteiger partial charge in [-0.3, -0.25) is 14.4 Å². The van der Waals surface area contributed by atoms with E-state index in [-0.39, 0.29) is 60.8 Å². The van der Waals surface area contributed by atoms with Gasteiger partial charge in [0.1, 0.15) is 17.5 Å². The molecule has 0 spiro atoms. The van der Waals surface area contributed by atoms with Gasteiger partial charge >= 0.3 is 0 Å². The summed E-state index contributed by atoms with van der Waals surface area (Å²) in [5, 5.41) is 30.8. The van der Waals surface area contributed by atoms with Gasteiger partial charge in [0, 0.05) is 56.6 Å². The highest BCUT2D eigenvalue weighted by molar-refractivity contribution is 7.89. The van der Waals surface area contributed by atoms with E-state index in [2.05, 4.69) is 23.6 Å². The fourth-order valence-electron chi connectivity index (χ4n) is 5.75. The van der Waals surface area contributed by atoms with Crippen LogP contribution in [0, 0.1) is 17.5 Å². The van der Waals surface area contributed by atoms with Gasteiger partial charge in [-0.2, -0.15) is 4.31 Å². The summed E-state index contributed by atoms with van der Waals surface area (Å²) in [4.78, 5) is 32.1. The molecule has 2 atom stereocenters. The topological polar surface area (TPSA) is 177 Å². The van der Waals surface area contributed by atoms with Gasteiger partial charge in [-0.25, -0.2) is 21.6 Å². The molecule has 0 aliphatic carbocycles. The minimum Gasteiger partial charge on any atom is -0.483 e. The van der Waals surface area contributed by atoms with Crippen LogP contribution in [0.2, 0.25) is 0 Å². The molecule has 290 valence electrons. The fraction of sp³-hybridized carbons (Fsp3) is 0.289. The molecule has 0 saturated carbocycles. The number of anilines is 1. The number of aliphatic hydroxyl groups excluding tert-OH is 1. The van der Waals surface area contributed by atoms with Gasteiger partial charge in [0.15, 0.2) is 0 Å². The molecule has 0 radical (unpaired) electrons. The van der Waals surface area contributed by atoms with Crippen molar-refractivity contribution in [3.8, 4) is 0 Å². The number of hydrogen-bond acceptors (Lipinski definition) is 8. The number of amides is 1. The molecule has 0 aromatic heterocycles. The van der Waals surface area contributed by atoms with E-state index >= 15 is 0 Å². The summed E-state index contributed by atoms with van der Waals surface area (Å²) in [6.07, 6.45) is -0.287. The molecule has 1 fully saturated rings. The summed E-state index contributed by atoms with van der Waals surface area (Å²) in [5.74, 6) is -2.46. The second kappa shape index (κ2) is 21.4. The number of nitrogens with one attached hydrogen (secondary N) is 2. The molecule has 5 rings (SSSR count). The van der Waals surface area contributed by atoms with Gasteiger partial charge < -0.3 is 30.9 Å². The number of carbonyl (C=O) groups excluding carboxylic acids is 1. The lowest BCUT2D eigenvalue weighted by Gasteiger charge is -2.35. The van der Waals surface area contributed by atoms with E-state index in [1.54, 1.807) is 12.1 Å². The van der Waals surface area contributed by atoms with Crippen LogP contribution in [0.4, 0.5) is 18.9 Å². The van der Waals surface area contributed by atoms with E-state index < -0.39 is 39.7 Å². The van der Waals surface area contributed by atoms with E-state index in [0.717, 1.165) is 35.9 Å². The predicted octanol–water partition coefficient (Wildman–Crippen LogP) is 4.07. The van der Waals surface area contributed by atoms with Crippen molar-refractivity contribution in [1.82, 2.24) is 14.9 Å². The molecule has 4 aromatic rings. The van der Waals surface area contributed by atoms with Crippen LogP contribution in [0.5, 0.6) is 0 Å². The van der Waals surface area contributed by atoms with Crippen molar-refractivity contribution < 1.29 is 51.3 Å². The summed E-state index contributed by atoms with van der Waals surface area (Å²) in [6, 6.07) is 21.7. The number of nitrogens with zero attached hydrogens (tertiary/aromatic N) is 2. The first-order valence-corrected chi connectivity index (χ1v) is 18.3. The predicted molar refractivity (Wildman–Crippen MR) is 196 cm³/mol. The molecule has 1 saturated heterocycles. The number of aryl methyl sites for hydroxylation is 1. The summed E-state index contributed by atoms with van der Waals surface area (Å²) in [5.41, 5.74) is 3.43. The molecule has 0 unspecified atom stereocenters. The number of carboxylic acid groups (broad SMARTS) is 2. The number of carbonyl (C=O) groups is 3. The average molecular weight is 773 g/mol. The molecular weight excluding hydrogens is 729 g/mol. The van der Waals surface area contributed by atoms with Crippen molar-refractivity contribution in [1.29, 1.82) is 0 Å². The molecule has 5 N–H and O–H groups in total. The number of piperazine rings is 1. The van der Waals surface area contributed by atoms with E-state index in [0.29, 0.717) is 19.6 Å². The molecule has 12 nitrogen and oxygen atoms in total. The highest BCUT2D eigenvalue weighted by Crippen LogP contribution is 2.22. The first-order valence-electron chi connectivity index (χ1n) is 16.8. The largest absolute Gasteiger partial charge is 0.483 e. The van der Waals surface area contributed by atoms with Gasteiger partial charge in [0.25, 0.3) is 18.9 Å². The lowest BCUT2D eigenvalue weighted by atomic mass is 10.00. The molecule has 16 heteroatoms. The second-order valence-corrected chi connectivity index (χ2v) is 14.0. The minimum absolute atomic E-state index is 0.0254. The molecule has 1 heterocycles. The van der Waals surface area contributed by atoms with Gasteiger partial charge in [-0.1, -0.05) is 31.2 Å². The molecule has 1 aliphatic heterocycles. The van der Waals surface area contributed by atoms with Crippen molar-refractivity contribution in [3.63, 3.8) is 0 Å². The van der Waals surface area contributed by atoms with Crippen LogP contribution in [0.3, 0.4) is 0 Å². The van der Waals surface area contributed by atoms with Crippen molar-refractivity contribution in [2.24, 2.45) is 0 Å². The number of benzene rings is 4. The van der Waals surface area contributed by atoms with Crippen LogP contribution in [-0.2, 0) is 39.0 Å². The van der Waals surface area contributed by atoms with Crippen LogP contribution in [0.25, 0.3) is 0 Å². The summed E-state index contributed by atoms with van der Waals surface area (Å²) in [7, 11) is -3.84. The van der Waals surface area contributed by atoms with Crippen LogP contribution >= 0.6 is 0 Å². The molecule has 54 heavy (non-hydrogen) atoms. The minimum atomic E-state index is -3.84. The third-order valence-electron chi connectivity index (χ3n) is 8.43. The Morgan fingerprint density at radius 2 is 1.37 bits per heavy atom. The smallest absolute Gasteiger partial charge is 0.290 e. The highest BCUT2D eigenvalue weighted by atomic mass is 32.2. The quantitative estimate of drug-likeness (QED) is 0.125. The monoisotopic (exact) mass is 772 g/mol. The van der Waals surface area contributed by atoms with Crippen LogP contribution < -0.4 is 15.5 Å². The van der Waals surface area contributed by atoms with E-state index in [4.69, 9.17) is 19.8 Å². The third kappa shape index (κ3) is 13.0. The summed E-state index contributed by atoms with van der Waals surface area (Å²) < 4.78 is 69.4. The number of hydrogen-bond donors (Lipinski definition) is 5. The van der Waals surface area contributed by atoms with Crippen molar-refractivity contribution in [2.75, 3.05) is 37.6 Å². The zero-order chi connectivity index (χ0) is 39.7. The fourth-order valence-corrected chi connectivity index (χ4v) is 7.17. The van der Waals surface area contributed by atoms with Gasteiger partial charge in [0.05, 0.1) is 17.0 Å². The SMILES string of the molecule is CCc1cccc(CNC[C@@H](O)[C@H](Cc2cc(F)cc(F)c2)NC(=O)c2ccc(S(=O)(=O)N3CCN(c4ccc(F)cc4)CC3)cc2)c1.O=CO.O=CO. The zero-order valence-electron chi connectivity index (χ0n) is 29.4. The Kier molecular flexibility index (Phi) is 17.1. The van der Waals surface area contributed by atoms with Crippen molar-refractivity contribution in [2.45, 2.75) is 43.4 Å². The standard InChI is InChI=1S/C36H39F3N4O4S.2CH2O2/c1-2-25-4-3-5-26(18-25)23-40-24-35(44)34(21-27-19-30(38)22-31(39)20-27)41-36(45)28-6-12-33(13-7-28)48(46,47)43-16-14-42(15-17-43)32-10-8-29(37)9-11-32;2*2-1-3/h3-13,18-20,22,34-35,40,44H,2,14-17,21,23-24H2,1H3,(H,41,45);2*1H,(H,2,3)/t34-,35+;;/m0../s1. The Labute approximate surface area is 311 Å². The number of halogens is 3. The Morgan fingerprint density at radius 1 is 0.796 bits per heavy atom. The molecular formula is C38H43F3N4O8S. The van der Waals surface area contributed by atoms with Gasteiger partial charge in [0.2, 0.25) is 10.0 Å². The second-order valence-electron chi connectivity index (χ2n) is 12.0. The van der Waals surface area contributed by atoms with Crippen LogP contribution in [0.1, 0.15) is 34.0 Å². The molecule has 0 bridgehead atoms. The summed E-state index contributed by atoms with van der Waals surface area (Å²) in [6.45, 7) is 3.46. The lowest BCUT2D eigenvalue weighted by Crippen LogP contribution is -2.49. The van der Waals surface area contributed by atoms with Crippen molar-refractivity contribution in [3.05, 3.63) is 131 Å². The zero-order valence-corrected chi connectivity index (χ0v) is 30.3.